The normalized spacial score (nSPS) is 11.2. The van der Waals surface area contributed by atoms with Crippen molar-refractivity contribution in [2.24, 2.45) is 0 Å². The second kappa shape index (κ2) is 9.44. The molecule has 0 aliphatic rings. The molecule has 2 N–H and O–H groups in total. The van der Waals surface area contributed by atoms with Crippen molar-refractivity contribution in [3.8, 4) is 17.3 Å². The fourth-order valence-corrected chi connectivity index (χ4v) is 3.21. The predicted molar refractivity (Wildman–Crippen MR) is 118 cm³/mol. The lowest BCUT2D eigenvalue weighted by atomic mass is 10.2. The zero-order valence-corrected chi connectivity index (χ0v) is 17.9. The summed E-state index contributed by atoms with van der Waals surface area (Å²) >= 11 is 6.00. The van der Waals surface area contributed by atoms with Crippen LogP contribution in [-0.4, -0.2) is 15.5 Å². The Bertz CT molecular complexity index is 1310. The van der Waals surface area contributed by atoms with Gasteiger partial charge in [0.05, 0.1) is 16.3 Å². The maximum Gasteiger partial charge on any atom is 0.417 e. The van der Waals surface area contributed by atoms with Gasteiger partial charge in [0, 0.05) is 12.4 Å². The van der Waals surface area contributed by atoms with Crippen LogP contribution in [0.5, 0.6) is 11.5 Å². The van der Waals surface area contributed by atoms with Gasteiger partial charge in [-0.1, -0.05) is 11.6 Å². The van der Waals surface area contributed by atoms with Gasteiger partial charge in [-0.05, 0) is 66.7 Å². The van der Waals surface area contributed by atoms with E-state index in [1.54, 1.807) is 24.3 Å². The van der Waals surface area contributed by atoms with Crippen LogP contribution in [0.4, 0.5) is 23.2 Å². The van der Waals surface area contributed by atoms with Gasteiger partial charge in [0.15, 0.2) is 5.82 Å². The Kier molecular flexibility index (Phi) is 6.42. The number of halogens is 5. The molecule has 0 saturated carbocycles. The molecular weight excluding hydrogens is 476 g/mol. The summed E-state index contributed by atoms with van der Waals surface area (Å²) < 4.78 is 58.4. The summed E-state index contributed by atoms with van der Waals surface area (Å²) in [6, 6.07) is 15.9. The number of carbonyl (C=O) groups excluding carboxylic acids is 1. The Labute approximate surface area is 195 Å². The standard InChI is InChI=1S/C23H15ClF4N4O2/c24-19-12-14(23(26,27)28)13-29-21(19)32-11-1-2-20(32)22(33)31-30-16-5-9-18(10-6-16)34-17-7-3-15(25)4-8-17/h1-13,30H,(H,31,33). The van der Waals surface area contributed by atoms with Gasteiger partial charge >= 0.3 is 6.18 Å². The van der Waals surface area contributed by atoms with Gasteiger partial charge in [-0.2, -0.15) is 13.2 Å². The average molecular weight is 491 g/mol. The van der Waals surface area contributed by atoms with Crippen LogP contribution < -0.4 is 15.6 Å². The van der Waals surface area contributed by atoms with Gasteiger partial charge in [-0.3, -0.25) is 20.2 Å². The smallest absolute Gasteiger partial charge is 0.417 e. The summed E-state index contributed by atoms with van der Waals surface area (Å²) in [5.74, 6) is -0.00114. The number of carbonyl (C=O) groups is 1. The molecule has 4 aromatic rings. The molecule has 174 valence electrons. The van der Waals surface area contributed by atoms with Crippen molar-refractivity contribution in [3.63, 3.8) is 0 Å². The summed E-state index contributed by atoms with van der Waals surface area (Å²) in [5, 5.41) is -0.259. The fourth-order valence-electron chi connectivity index (χ4n) is 2.95. The van der Waals surface area contributed by atoms with E-state index in [0.717, 1.165) is 6.07 Å². The van der Waals surface area contributed by atoms with Crippen LogP contribution in [0.2, 0.25) is 5.02 Å². The number of benzene rings is 2. The molecule has 0 aliphatic heterocycles. The molecule has 34 heavy (non-hydrogen) atoms. The largest absolute Gasteiger partial charge is 0.457 e. The number of nitrogens with one attached hydrogen (secondary N) is 2. The third kappa shape index (κ3) is 5.29. The molecular formula is C23H15ClF4N4O2. The summed E-state index contributed by atoms with van der Waals surface area (Å²) in [7, 11) is 0. The Hall–Kier alpha value is -4.05. The molecule has 11 heteroatoms. The molecule has 0 fully saturated rings. The van der Waals surface area contributed by atoms with E-state index in [9.17, 15) is 22.4 Å². The Balaban J connectivity index is 1.42. The highest BCUT2D eigenvalue weighted by atomic mass is 35.5. The number of alkyl halides is 3. The van der Waals surface area contributed by atoms with Crippen molar-refractivity contribution in [1.29, 1.82) is 0 Å². The topological polar surface area (TPSA) is 68.2 Å². The van der Waals surface area contributed by atoms with Crippen LogP contribution in [0, 0.1) is 5.82 Å². The molecule has 0 bridgehead atoms. The number of hydrogen-bond donors (Lipinski definition) is 2. The number of amides is 1. The van der Waals surface area contributed by atoms with Crippen molar-refractivity contribution < 1.29 is 27.1 Å². The molecule has 2 aromatic carbocycles. The Morgan fingerprint density at radius 1 is 1.00 bits per heavy atom. The van der Waals surface area contributed by atoms with Gasteiger partial charge in [0.25, 0.3) is 5.91 Å². The van der Waals surface area contributed by atoms with Crippen molar-refractivity contribution in [1.82, 2.24) is 15.0 Å². The summed E-state index contributed by atoms with van der Waals surface area (Å²) in [6.07, 6.45) is -2.48. The van der Waals surface area contributed by atoms with Crippen LogP contribution in [0.3, 0.4) is 0 Å². The number of anilines is 1. The highest BCUT2D eigenvalue weighted by Crippen LogP contribution is 2.32. The predicted octanol–water partition coefficient (Wildman–Crippen LogP) is 6.23. The second-order valence-electron chi connectivity index (χ2n) is 6.95. The monoisotopic (exact) mass is 490 g/mol. The Morgan fingerprint density at radius 2 is 1.65 bits per heavy atom. The minimum absolute atomic E-state index is 0.0212. The van der Waals surface area contributed by atoms with Crippen molar-refractivity contribution in [3.05, 3.63) is 101 Å². The van der Waals surface area contributed by atoms with E-state index in [1.807, 2.05) is 0 Å². The van der Waals surface area contributed by atoms with Gasteiger partial charge in [0.1, 0.15) is 23.0 Å². The van der Waals surface area contributed by atoms with Gasteiger partial charge < -0.3 is 4.74 Å². The average Bonchev–Trinajstić information content (AvgIpc) is 3.29. The fraction of sp³-hybridized carbons (Fsp3) is 0.0435. The number of pyridine rings is 1. The van der Waals surface area contributed by atoms with E-state index < -0.39 is 17.6 Å². The first-order valence-corrected chi connectivity index (χ1v) is 10.1. The van der Waals surface area contributed by atoms with Crippen molar-refractivity contribution >= 4 is 23.2 Å². The quantitative estimate of drug-likeness (QED) is 0.248. The van der Waals surface area contributed by atoms with E-state index in [4.69, 9.17) is 16.3 Å². The number of nitrogens with zero attached hydrogens (tertiary/aromatic N) is 2. The Morgan fingerprint density at radius 3 is 2.26 bits per heavy atom. The maximum atomic E-state index is 13.0. The number of rotatable bonds is 6. The minimum Gasteiger partial charge on any atom is -0.457 e. The molecule has 0 unspecified atom stereocenters. The van der Waals surface area contributed by atoms with Crippen molar-refractivity contribution in [2.45, 2.75) is 6.18 Å². The van der Waals surface area contributed by atoms with Crippen LogP contribution in [0.25, 0.3) is 5.82 Å². The number of hydrazine groups is 1. The van der Waals surface area contributed by atoms with E-state index >= 15 is 0 Å². The first-order valence-electron chi connectivity index (χ1n) is 9.71. The van der Waals surface area contributed by atoms with E-state index in [-0.39, 0.29) is 22.4 Å². The molecule has 0 spiro atoms. The maximum absolute atomic E-state index is 13.0. The van der Waals surface area contributed by atoms with E-state index in [2.05, 4.69) is 15.8 Å². The van der Waals surface area contributed by atoms with Gasteiger partial charge in [-0.25, -0.2) is 9.37 Å². The minimum atomic E-state index is -4.59. The molecule has 6 nitrogen and oxygen atoms in total. The molecule has 1 amide bonds. The first-order chi connectivity index (χ1) is 16.2. The second-order valence-corrected chi connectivity index (χ2v) is 7.36. The SMILES string of the molecule is O=C(NNc1ccc(Oc2ccc(F)cc2)cc1)c1cccn1-c1ncc(C(F)(F)F)cc1Cl. The van der Waals surface area contributed by atoms with Crippen LogP contribution in [0.1, 0.15) is 16.1 Å². The molecule has 0 aliphatic carbocycles. The van der Waals surface area contributed by atoms with Crippen LogP contribution in [-0.2, 0) is 6.18 Å². The zero-order valence-electron chi connectivity index (χ0n) is 17.1. The zero-order chi connectivity index (χ0) is 24.3. The van der Waals surface area contributed by atoms with Gasteiger partial charge in [0.2, 0.25) is 0 Å². The molecule has 0 atom stereocenters. The lowest BCUT2D eigenvalue weighted by Crippen LogP contribution is -2.31. The molecule has 2 aromatic heterocycles. The lowest BCUT2D eigenvalue weighted by molar-refractivity contribution is -0.137. The third-order valence-electron chi connectivity index (χ3n) is 4.58. The molecule has 4 rings (SSSR count). The molecule has 2 heterocycles. The van der Waals surface area contributed by atoms with E-state index in [1.165, 1.54) is 47.2 Å². The summed E-state index contributed by atoms with van der Waals surface area (Å²) in [5.41, 5.74) is 4.87. The summed E-state index contributed by atoms with van der Waals surface area (Å²) in [6.45, 7) is 0. The highest BCUT2D eigenvalue weighted by Gasteiger charge is 2.32. The van der Waals surface area contributed by atoms with Crippen molar-refractivity contribution in [2.75, 3.05) is 5.43 Å². The summed E-state index contributed by atoms with van der Waals surface area (Å²) in [4.78, 5) is 16.4. The van der Waals surface area contributed by atoms with E-state index in [0.29, 0.717) is 23.4 Å². The molecule has 0 saturated heterocycles. The number of hydrogen-bond acceptors (Lipinski definition) is 4. The number of ether oxygens (including phenoxy) is 1. The van der Waals surface area contributed by atoms with Gasteiger partial charge in [-0.15, -0.1) is 0 Å². The lowest BCUT2D eigenvalue weighted by Gasteiger charge is -2.13. The molecule has 0 radical (unpaired) electrons. The van der Waals surface area contributed by atoms with Crippen LogP contribution in [0.15, 0.2) is 79.1 Å². The van der Waals surface area contributed by atoms with Crippen LogP contribution >= 0.6 is 11.6 Å². The highest BCUT2D eigenvalue weighted by molar-refractivity contribution is 6.32. The number of aromatic nitrogens is 2. The third-order valence-corrected chi connectivity index (χ3v) is 4.86. The first kappa shape index (κ1) is 23.1.